The Balaban J connectivity index is 2.29. The number of isocyanates is 1. The molecule has 2 rings (SSSR count). The smallest absolute Gasteiger partial charge is 0.211 e. The Labute approximate surface area is 87.8 Å². The summed E-state index contributed by atoms with van der Waals surface area (Å²) < 4.78 is 13.0. The Morgan fingerprint density at radius 2 is 2.40 bits per heavy atom. The Bertz CT molecular complexity index is 410. The largest absolute Gasteiger partial charge is 0.234 e. The zero-order chi connectivity index (χ0) is 10.7. The number of rotatable bonds is 2. The summed E-state index contributed by atoms with van der Waals surface area (Å²) in [7, 11) is 0. The average molecular weight is 205 g/mol. The lowest BCUT2D eigenvalue weighted by atomic mass is 9.83. The lowest BCUT2D eigenvalue weighted by Crippen LogP contribution is -2.12. The number of nitrogens with zero attached hydrogens (tertiary/aromatic N) is 1. The maximum atomic E-state index is 13.0. The highest BCUT2D eigenvalue weighted by Crippen LogP contribution is 2.31. The fourth-order valence-corrected chi connectivity index (χ4v) is 2.22. The zero-order valence-corrected chi connectivity index (χ0v) is 8.37. The van der Waals surface area contributed by atoms with Gasteiger partial charge in [-0.2, -0.15) is 0 Å². The molecule has 1 atom stereocenters. The van der Waals surface area contributed by atoms with Crippen molar-refractivity contribution in [1.82, 2.24) is 0 Å². The fraction of sp³-hybridized carbons (Fsp3) is 0.417. The third kappa shape index (κ3) is 2.13. The summed E-state index contributed by atoms with van der Waals surface area (Å²) in [6.07, 6.45) is 4.54. The van der Waals surface area contributed by atoms with Crippen molar-refractivity contribution in [2.45, 2.75) is 25.2 Å². The molecule has 3 heteroatoms. The molecular formula is C12H12FNO. The zero-order valence-electron chi connectivity index (χ0n) is 8.37. The highest BCUT2D eigenvalue weighted by molar-refractivity contribution is 5.36. The van der Waals surface area contributed by atoms with E-state index in [2.05, 4.69) is 4.99 Å². The number of hydrogen-bond acceptors (Lipinski definition) is 2. The van der Waals surface area contributed by atoms with Crippen LogP contribution in [0.5, 0.6) is 0 Å². The maximum absolute atomic E-state index is 13.0. The number of benzene rings is 1. The van der Waals surface area contributed by atoms with Crippen molar-refractivity contribution in [3.05, 3.63) is 35.1 Å². The molecule has 0 amide bonds. The van der Waals surface area contributed by atoms with Gasteiger partial charge in [-0.3, -0.25) is 0 Å². The van der Waals surface area contributed by atoms with Crippen LogP contribution in [0.25, 0.3) is 0 Å². The van der Waals surface area contributed by atoms with E-state index in [1.54, 1.807) is 12.1 Å². The first-order chi connectivity index (χ1) is 7.31. The second-order valence-corrected chi connectivity index (χ2v) is 3.86. The van der Waals surface area contributed by atoms with E-state index in [1.807, 2.05) is 6.07 Å². The number of aryl methyl sites for hydroxylation is 1. The van der Waals surface area contributed by atoms with Crippen LogP contribution in [0, 0.1) is 5.82 Å². The summed E-state index contributed by atoms with van der Waals surface area (Å²) in [6.45, 7) is 0.474. The summed E-state index contributed by atoms with van der Waals surface area (Å²) in [6, 6.07) is 4.88. The standard InChI is InChI=1S/C12H12FNO/c13-11-4-5-12-9(6-11)2-1-3-10(12)7-14-8-15/h4-6,10H,1-3,7H2. The fourth-order valence-electron chi connectivity index (χ4n) is 2.22. The Hall–Kier alpha value is -1.47. The van der Waals surface area contributed by atoms with Crippen LogP contribution in [0.2, 0.25) is 0 Å². The van der Waals surface area contributed by atoms with Crippen molar-refractivity contribution in [3.8, 4) is 0 Å². The number of fused-ring (bicyclic) bond motifs is 1. The van der Waals surface area contributed by atoms with Crippen LogP contribution in [-0.2, 0) is 11.2 Å². The van der Waals surface area contributed by atoms with Crippen LogP contribution in [-0.4, -0.2) is 12.6 Å². The Morgan fingerprint density at radius 3 is 3.20 bits per heavy atom. The topological polar surface area (TPSA) is 29.4 Å². The molecule has 0 saturated heterocycles. The van der Waals surface area contributed by atoms with Gasteiger partial charge in [-0.05, 0) is 42.5 Å². The van der Waals surface area contributed by atoms with E-state index >= 15 is 0 Å². The van der Waals surface area contributed by atoms with Gasteiger partial charge < -0.3 is 0 Å². The van der Waals surface area contributed by atoms with Crippen LogP contribution in [0.3, 0.4) is 0 Å². The summed E-state index contributed by atoms with van der Waals surface area (Å²) in [5.74, 6) is 0.0732. The van der Waals surface area contributed by atoms with Gasteiger partial charge in [0.25, 0.3) is 0 Å². The van der Waals surface area contributed by atoms with Gasteiger partial charge >= 0.3 is 0 Å². The van der Waals surface area contributed by atoms with Gasteiger partial charge in [-0.15, -0.1) is 0 Å². The molecule has 0 N–H and O–H groups in total. The molecule has 0 fully saturated rings. The van der Waals surface area contributed by atoms with Gasteiger partial charge in [0.15, 0.2) is 0 Å². The van der Waals surface area contributed by atoms with Crippen LogP contribution < -0.4 is 0 Å². The average Bonchev–Trinajstić information content (AvgIpc) is 2.25. The van der Waals surface area contributed by atoms with E-state index in [0.717, 1.165) is 30.4 Å². The summed E-state index contributed by atoms with van der Waals surface area (Å²) in [4.78, 5) is 13.7. The molecule has 0 heterocycles. The van der Waals surface area contributed by atoms with E-state index in [-0.39, 0.29) is 11.7 Å². The molecule has 0 aliphatic heterocycles. The van der Waals surface area contributed by atoms with Gasteiger partial charge in [0, 0.05) is 5.92 Å². The van der Waals surface area contributed by atoms with Crippen LogP contribution >= 0.6 is 0 Å². The molecule has 15 heavy (non-hydrogen) atoms. The van der Waals surface area contributed by atoms with Crippen molar-refractivity contribution >= 4 is 6.08 Å². The predicted octanol–water partition coefficient (Wildman–Crippen LogP) is 2.58. The van der Waals surface area contributed by atoms with Crippen LogP contribution in [0.1, 0.15) is 29.9 Å². The number of carbonyl (C=O) groups excluding carboxylic acids is 1. The first-order valence-corrected chi connectivity index (χ1v) is 5.13. The first-order valence-electron chi connectivity index (χ1n) is 5.13. The van der Waals surface area contributed by atoms with E-state index in [1.165, 1.54) is 6.07 Å². The second kappa shape index (κ2) is 4.37. The minimum absolute atomic E-state index is 0.187. The third-order valence-electron chi connectivity index (χ3n) is 2.92. The van der Waals surface area contributed by atoms with Crippen molar-refractivity contribution in [2.75, 3.05) is 6.54 Å². The molecule has 1 unspecified atom stereocenters. The quantitative estimate of drug-likeness (QED) is 0.539. The molecule has 1 aliphatic carbocycles. The van der Waals surface area contributed by atoms with Crippen molar-refractivity contribution in [2.24, 2.45) is 4.99 Å². The van der Waals surface area contributed by atoms with E-state index in [0.29, 0.717) is 6.54 Å². The molecule has 0 bridgehead atoms. The molecule has 0 aromatic heterocycles. The van der Waals surface area contributed by atoms with Gasteiger partial charge in [0.05, 0.1) is 6.54 Å². The summed E-state index contributed by atoms with van der Waals surface area (Å²) >= 11 is 0. The molecular weight excluding hydrogens is 193 g/mol. The number of aliphatic imine (C=N–C) groups is 1. The van der Waals surface area contributed by atoms with E-state index in [9.17, 15) is 9.18 Å². The molecule has 1 aliphatic rings. The van der Waals surface area contributed by atoms with Gasteiger partial charge in [-0.25, -0.2) is 14.2 Å². The van der Waals surface area contributed by atoms with Crippen molar-refractivity contribution < 1.29 is 9.18 Å². The molecule has 0 radical (unpaired) electrons. The van der Waals surface area contributed by atoms with Gasteiger partial charge in [0.2, 0.25) is 6.08 Å². The molecule has 78 valence electrons. The molecule has 0 saturated carbocycles. The minimum Gasteiger partial charge on any atom is -0.211 e. The van der Waals surface area contributed by atoms with E-state index < -0.39 is 0 Å². The molecule has 1 aromatic rings. The summed E-state index contributed by atoms with van der Waals surface area (Å²) in [5, 5.41) is 0. The normalized spacial score (nSPS) is 19.1. The predicted molar refractivity (Wildman–Crippen MR) is 55.1 cm³/mol. The second-order valence-electron chi connectivity index (χ2n) is 3.86. The number of halogens is 1. The SMILES string of the molecule is O=C=NCC1CCCc2cc(F)ccc21. The van der Waals surface area contributed by atoms with Gasteiger partial charge in [-0.1, -0.05) is 6.07 Å². The van der Waals surface area contributed by atoms with E-state index in [4.69, 9.17) is 0 Å². The Morgan fingerprint density at radius 1 is 1.53 bits per heavy atom. The van der Waals surface area contributed by atoms with Crippen molar-refractivity contribution in [3.63, 3.8) is 0 Å². The molecule has 1 aromatic carbocycles. The lowest BCUT2D eigenvalue weighted by molar-refractivity contribution is 0.539. The molecule has 2 nitrogen and oxygen atoms in total. The lowest BCUT2D eigenvalue weighted by Gasteiger charge is -2.23. The van der Waals surface area contributed by atoms with Crippen LogP contribution in [0.4, 0.5) is 4.39 Å². The number of hydrogen-bond donors (Lipinski definition) is 0. The maximum Gasteiger partial charge on any atom is 0.234 e. The third-order valence-corrected chi connectivity index (χ3v) is 2.92. The minimum atomic E-state index is -0.187. The highest BCUT2D eigenvalue weighted by Gasteiger charge is 2.19. The van der Waals surface area contributed by atoms with Crippen LogP contribution in [0.15, 0.2) is 23.2 Å². The van der Waals surface area contributed by atoms with Gasteiger partial charge in [0.1, 0.15) is 5.82 Å². The van der Waals surface area contributed by atoms with Crippen molar-refractivity contribution in [1.29, 1.82) is 0 Å². The summed E-state index contributed by atoms with van der Waals surface area (Å²) in [5.41, 5.74) is 2.20. The monoisotopic (exact) mass is 205 g/mol. The first kappa shape index (κ1) is 10.1. The highest BCUT2D eigenvalue weighted by atomic mass is 19.1. The Kier molecular flexibility index (Phi) is 2.93. The molecule has 0 spiro atoms.